The van der Waals surface area contributed by atoms with Crippen molar-refractivity contribution < 1.29 is 4.79 Å². The van der Waals surface area contributed by atoms with E-state index in [0.29, 0.717) is 11.4 Å². The fourth-order valence-corrected chi connectivity index (χ4v) is 2.47. The number of aromatic nitrogens is 2. The predicted octanol–water partition coefficient (Wildman–Crippen LogP) is 3.20. The number of nitriles is 1. The molecule has 0 radical (unpaired) electrons. The van der Waals surface area contributed by atoms with Gasteiger partial charge in [0.1, 0.15) is 11.6 Å². The van der Waals surface area contributed by atoms with Gasteiger partial charge in [-0.3, -0.25) is 4.79 Å². The first-order chi connectivity index (χ1) is 11.5. The number of carbonyl (C=O) groups is 1. The smallest absolute Gasteiger partial charge is 0.223 e. The minimum atomic E-state index is -0.0314. The fourth-order valence-electron chi connectivity index (χ4n) is 2.47. The molecule has 1 amide bonds. The Bertz CT molecular complexity index is 777. The quantitative estimate of drug-likeness (QED) is 0.913. The fraction of sp³-hybridized carbons (Fsp3) is 0.333. The molecule has 1 aromatic heterocycles. The number of hydrogen-bond donors (Lipinski definition) is 1. The predicted molar refractivity (Wildman–Crippen MR) is 94.3 cm³/mol. The first-order valence-electron chi connectivity index (χ1n) is 7.91. The highest BCUT2D eigenvalue weighted by molar-refractivity contribution is 5.91. The van der Waals surface area contributed by atoms with E-state index >= 15 is 0 Å². The van der Waals surface area contributed by atoms with Crippen molar-refractivity contribution in [3.63, 3.8) is 0 Å². The van der Waals surface area contributed by atoms with Crippen LogP contribution in [0.2, 0.25) is 0 Å². The Labute approximate surface area is 142 Å². The van der Waals surface area contributed by atoms with Crippen molar-refractivity contribution in [2.75, 3.05) is 17.3 Å². The molecule has 2 rings (SSSR count). The molecule has 0 fully saturated rings. The molecule has 24 heavy (non-hydrogen) atoms. The summed E-state index contributed by atoms with van der Waals surface area (Å²) in [6.45, 7) is 5.53. The Morgan fingerprint density at radius 3 is 2.38 bits per heavy atom. The van der Waals surface area contributed by atoms with E-state index in [2.05, 4.69) is 21.6 Å². The molecule has 0 atom stereocenters. The summed E-state index contributed by atoms with van der Waals surface area (Å²) < 4.78 is 0. The van der Waals surface area contributed by atoms with E-state index < -0.39 is 0 Å². The van der Waals surface area contributed by atoms with Crippen molar-refractivity contribution in [1.29, 1.82) is 5.26 Å². The summed E-state index contributed by atoms with van der Waals surface area (Å²) in [4.78, 5) is 13.0. The van der Waals surface area contributed by atoms with Crippen molar-refractivity contribution >= 4 is 23.1 Å². The van der Waals surface area contributed by atoms with E-state index in [1.807, 2.05) is 38.1 Å². The molecule has 1 N–H and O–H groups in total. The lowest BCUT2D eigenvalue weighted by atomic mass is 10.0. The number of nitrogens with one attached hydrogen (secondary N) is 1. The monoisotopic (exact) mass is 323 g/mol. The standard InChI is InChI=1S/C18H21N5O/c1-5-15-16(11-19)18(22-21-17(15)6-2)20-13-7-9-14(10-8-13)23(4)12(3)24/h7-10H,5-6H2,1-4H3,(H,20,22). The molecule has 0 saturated carbocycles. The Morgan fingerprint density at radius 1 is 1.21 bits per heavy atom. The molecular formula is C18H21N5O. The Morgan fingerprint density at radius 2 is 1.88 bits per heavy atom. The van der Waals surface area contributed by atoms with Gasteiger partial charge in [0, 0.05) is 25.3 Å². The lowest BCUT2D eigenvalue weighted by Gasteiger charge is -2.16. The van der Waals surface area contributed by atoms with Gasteiger partial charge in [0.05, 0.1) is 5.69 Å². The minimum absolute atomic E-state index is 0.0314. The van der Waals surface area contributed by atoms with E-state index in [0.717, 1.165) is 35.5 Å². The van der Waals surface area contributed by atoms with Gasteiger partial charge in [-0.2, -0.15) is 10.4 Å². The maximum absolute atomic E-state index is 11.4. The molecule has 0 spiro atoms. The third-order valence-electron chi connectivity index (χ3n) is 3.95. The van der Waals surface area contributed by atoms with Crippen LogP contribution in [0.5, 0.6) is 0 Å². The molecule has 0 aliphatic heterocycles. The van der Waals surface area contributed by atoms with Gasteiger partial charge in [-0.1, -0.05) is 13.8 Å². The molecular weight excluding hydrogens is 302 g/mol. The number of rotatable bonds is 5. The van der Waals surface area contributed by atoms with Crippen LogP contribution in [0.15, 0.2) is 24.3 Å². The molecule has 124 valence electrons. The van der Waals surface area contributed by atoms with E-state index in [4.69, 9.17) is 0 Å². The van der Waals surface area contributed by atoms with Crippen LogP contribution in [0.1, 0.15) is 37.6 Å². The van der Waals surface area contributed by atoms with Crippen LogP contribution in [0, 0.1) is 11.3 Å². The second kappa shape index (κ2) is 7.55. The van der Waals surface area contributed by atoms with Crippen LogP contribution < -0.4 is 10.2 Å². The van der Waals surface area contributed by atoms with E-state index in [1.165, 1.54) is 6.92 Å². The lowest BCUT2D eigenvalue weighted by Crippen LogP contribution is -2.22. The van der Waals surface area contributed by atoms with Crippen molar-refractivity contribution in [3.05, 3.63) is 41.1 Å². The molecule has 1 heterocycles. The van der Waals surface area contributed by atoms with Gasteiger partial charge in [-0.05, 0) is 42.7 Å². The highest BCUT2D eigenvalue weighted by Gasteiger charge is 2.14. The average molecular weight is 323 g/mol. The van der Waals surface area contributed by atoms with Crippen molar-refractivity contribution in [1.82, 2.24) is 10.2 Å². The number of carbonyl (C=O) groups excluding carboxylic acids is 1. The number of benzene rings is 1. The zero-order valence-corrected chi connectivity index (χ0v) is 14.4. The highest BCUT2D eigenvalue weighted by atomic mass is 16.2. The summed E-state index contributed by atoms with van der Waals surface area (Å²) in [5.41, 5.74) is 3.92. The number of anilines is 3. The van der Waals surface area contributed by atoms with Crippen LogP contribution >= 0.6 is 0 Å². The van der Waals surface area contributed by atoms with Crippen LogP contribution in [-0.2, 0) is 17.6 Å². The number of hydrogen-bond acceptors (Lipinski definition) is 5. The molecule has 0 aliphatic rings. The maximum Gasteiger partial charge on any atom is 0.223 e. The largest absolute Gasteiger partial charge is 0.338 e. The first-order valence-corrected chi connectivity index (χ1v) is 7.91. The summed E-state index contributed by atoms with van der Waals surface area (Å²) in [7, 11) is 1.72. The molecule has 0 aliphatic carbocycles. The third kappa shape index (κ3) is 3.51. The zero-order chi connectivity index (χ0) is 17.7. The molecule has 6 nitrogen and oxygen atoms in total. The lowest BCUT2D eigenvalue weighted by molar-refractivity contribution is -0.116. The Kier molecular flexibility index (Phi) is 5.48. The summed E-state index contributed by atoms with van der Waals surface area (Å²) in [6.07, 6.45) is 1.48. The normalized spacial score (nSPS) is 10.1. The molecule has 2 aromatic rings. The second-order valence-corrected chi connectivity index (χ2v) is 5.42. The van der Waals surface area contributed by atoms with Crippen LogP contribution in [0.25, 0.3) is 0 Å². The van der Waals surface area contributed by atoms with Crippen molar-refractivity contribution in [2.24, 2.45) is 0 Å². The highest BCUT2D eigenvalue weighted by Crippen LogP contribution is 2.24. The van der Waals surface area contributed by atoms with Gasteiger partial charge in [-0.25, -0.2) is 0 Å². The van der Waals surface area contributed by atoms with E-state index in [1.54, 1.807) is 11.9 Å². The number of aryl methyl sites for hydroxylation is 1. The van der Waals surface area contributed by atoms with Crippen LogP contribution in [-0.4, -0.2) is 23.2 Å². The topological polar surface area (TPSA) is 81.9 Å². The molecule has 6 heteroatoms. The molecule has 1 aromatic carbocycles. The van der Waals surface area contributed by atoms with Gasteiger partial charge in [0.15, 0.2) is 5.82 Å². The first kappa shape index (κ1) is 17.4. The SMILES string of the molecule is CCc1nnc(Nc2ccc(N(C)C(C)=O)cc2)c(C#N)c1CC. The maximum atomic E-state index is 11.4. The summed E-state index contributed by atoms with van der Waals surface area (Å²) >= 11 is 0. The third-order valence-corrected chi connectivity index (χ3v) is 3.95. The van der Waals surface area contributed by atoms with E-state index in [-0.39, 0.29) is 5.91 Å². The van der Waals surface area contributed by atoms with Gasteiger partial charge < -0.3 is 10.2 Å². The summed E-state index contributed by atoms with van der Waals surface area (Å²) in [6, 6.07) is 9.60. The minimum Gasteiger partial charge on any atom is -0.338 e. The average Bonchev–Trinajstić information content (AvgIpc) is 2.61. The molecule has 0 saturated heterocycles. The van der Waals surface area contributed by atoms with Crippen molar-refractivity contribution in [2.45, 2.75) is 33.6 Å². The van der Waals surface area contributed by atoms with Gasteiger partial charge in [0.25, 0.3) is 0 Å². The summed E-state index contributed by atoms with van der Waals surface area (Å²) in [5, 5.41) is 21.0. The van der Waals surface area contributed by atoms with E-state index in [9.17, 15) is 10.1 Å². The summed E-state index contributed by atoms with van der Waals surface area (Å²) in [5.74, 6) is 0.426. The Hall–Kier alpha value is -2.94. The van der Waals surface area contributed by atoms with Crippen LogP contribution in [0.3, 0.4) is 0 Å². The zero-order valence-electron chi connectivity index (χ0n) is 14.4. The van der Waals surface area contributed by atoms with Crippen LogP contribution in [0.4, 0.5) is 17.2 Å². The molecule has 0 unspecified atom stereocenters. The number of nitrogens with zero attached hydrogens (tertiary/aromatic N) is 4. The molecule has 0 bridgehead atoms. The van der Waals surface area contributed by atoms with Crippen molar-refractivity contribution in [3.8, 4) is 6.07 Å². The number of amides is 1. The van der Waals surface area contributed by atoms with Gasteiger partial charge in [-0.15, -0.1) is 5.10 Å². The van der Waals surface area contributed by atoms with Gasteiger partial charge >= 0.3 is 0 Å². The van der Waals surface area contributed by atoms with Gasteiger partial charge in [0.2, 0.25) is 5.91 Å². The second-order valence-electron chi connectivity index (χ2n) is 5.42. The Balaban J connectivity index is 2.32.